The number of carbonyl (C=O) groups is 1. The number of rotatable bonds is 7. The number of carbonyl (C=O) groups excluding carboxylic acids is 1. The van der Waals surface area contributed by atoms with E-state index < -0.39 is 0 Å². The molecule has 1 aromatic heterocycles. The van der Waals surface area contributed by atoms with Crippen molar-refractivity contribution < 1.29 is 9.53 Å². The van der Waals surface area contributed by atoms with Crippen molar-refractivity contribution in [2.24, 2.45) is 0 Å². The lowest BCUT2D eigenvalue weighted by Crippen LogP contribution is -2.36. The summed E-state index contributed by atoms with van der Waals surface area (Å²) in [7, 11) is 0. The molecule has 1 amide bonds. The van der Waals surface area contributed by atoms with E-state index in [1.807, 2.05) is 19.1 Å². The molecule has 1 saturated heterocycles. The van der Waals surface area contributed by atoms with E-state index in [1.165, 1.54) is 43.1 Å². The Labute approximate surface area is 175 Å². The molecule has 0 radical (unpaired) electrons. The highest BCUT2D eigenvalue weighted by Gasteiger charge is 2.37. The first-order chi connectivity index (χ1) is 14.2. The SMILES string of the molecule is C[C@H](Sc1nnc(C2CC2)n1C1CC1)C(=O)Nc1ccc(N2CCOCC2)cc1. The lowest BCUT2D eigenvalue weighted by molar-refractivity contribution is -0.115. The number of nitrogens with zero attached hydrogens (tertiary/aromatic N) is 4. The van der Waals surface area contributed by atoms with Crippen LogP contribution < -0.4 is 10.2 Å². The van der Waals surface area contributed by atoms with Gasteiger partial charge in [-0.2, -0.15) is 0 Å². The van der Waals surface area contributed by atoms with Gasteiger partial charge in [-0.05, 0) is 56.9 Å². The van der Waals surface area contributed by atoms with Gasteiger partial charge in [-0.15, -0.1) is 10.2 Å². The first-order valence-electron chi connectivity index (χ1n) is 10.5. The Morgan fingerprint density at radius 2 is 1.86 bits per heavy atom. The van der Waals surface area contributed by atoms with E-state index in [9.17, 15) is 4.79 Å². The van der Waals surface area contributed by atoms with Gasteiger partial charge >= 0.3 is 0 Å². The molecule has 0 unspecified atom stereocenters. The fraction of sp³-hybridized carbons (Fsp3) is 0.571. The fourth-order valence-corrected chi connectivity index (χ4v) is 4.62. The minimum Gasteiger partial charge on any atom is -0.378 e. The van der Waals surface area contributed by atoms with Gasteiger partial charge in [0.2, 0.25) is 5.91 Å². The Bertz CT molecular complexity index is 870. The van der Waals surface area contributed by atoms with Crippen molar-refractivity contribution in [3.8, 4) is 0 Å². The Balaban J connectivity index is 1.21. The molecule has 2 heterocycles. The summed E-state index contributed by atoms with van der Waals surface area (Å²) in [4.78, 5) is 15.0. The van der Waals surface area contributed by atoms with E-state index in [-0.39, 0.29) is 11.2 Å². The zero-order chi connectivity index (χ0) is 19.8. The van der Waals surface area contributed by atoms with E-state index in [0.29, 0.717) is 12.0 Å². The Hall–Kier alpha value is -2.06. The Kier molecular flexibility index (Phi) is 5.22. The number of aromatic nitrogens is 3. The maximum absolute atomic E-state index is 12.7. The maximum Gasteiger partial charge on any atom is 0.237 e. The lowest BCUT2D eigenvalue weighted by Gasteiger charge is -2.28. The topological polar surface area (TPSA) is 72.3 Å². The summed E-state index contributed by atoms with van der Waals surface area (Å²) in [6.45, 7) is 5.28. The van der Waals surface area contributed by atoms with Gasteiger partial charge < -0.3 is 19.5 Å². The molecule has 8 heteroatoms. The van der Waals surface area contributed by atoms with Crippen LogP contribution >= 0.6 is 11.8 Å². The number of morpholine rings is 1. The number of amides is 1. The van der Waals surface area contributed by atoms with Crippen molar-refractivity contribution >= 4 is 29.0 Å². The average Bonchev–Trinajstić information content (AvgIpc) is 3.68. The molecular weight excluding hydrogens is 386 g/mol. The summed E-state index contributed by atoms with van der Waals surface area (Å²) >= 11 is 1.51. The van der Waals surface area contributed by atoms with Gasteiger partial charge in [0.05, 0.1) is 18.5 Å². The highest BCUT2D eigenvalue weighted by atomic mass is 32.2. The molecule has 2 aliphatic carbocycles. The van der Waals surface area contributed by atoms with E-state index in [4.69, 9.17) is 4.74 Å². The molecule has 29 heavy (non-hydrogen) atoms. The van der Waals surface area contributed by atoms with Crippen molar-refractivity contribution in [2.75, 3.05) is 36.5 Å². The number of benzene rings is 1. The smallest absolute Gasteiger partial charge is 0.237 e. The highest BCUT2D eigenvalue weighted by Crippen LogP contribution is 2.46. The van der Waals surface area contributed by atoms with Crippen molar-refractivity contribution in [3.63, 3.8) is 0 Å². The summed E-state index contributed by atoms with van der Waals surface area (Å²) in [6, 6.07) is 8.59. The Morgan fingerprint density at radius 1 is 1.14 bits per heavy atom. The third-order valence-corrected chi connectivity index (χ3v) is 6.76. The van der Waals surface area contributed by atoms with Crippen LogP contribution in [0.4, 0.5) is 11.4 Å². The molecule has 1 atom stereocenters. The standard InChI is InChI=1S/C21H27N5O2S/c1-14(29-21-24-23-19(15-2-3-15)26(21)18-8-9-18)20(27)22-16-4-6-17(7-5-16)25-10-12-28-13-11-25/h4-7,14-15,18H,2-3,8-13H2,1H3,(H,22,27)/t14-/m0/s1. The molecule has 1 N–H and O–H groups in total. The van der Waals surface area contributed by atoms with E-state index in [0.717, 1.165) is 43.0 Å². The number of thioether (sulfide) groups is 1. The molecule has 0 bridgehead atoms. The normalized spacial score (nSPS) is 20.5. The second-order valence-corrected chi connectivity index (χ2v) is 9.42. The van der Waals surface area contributed by atoms with E-state index >= 15 is 0 Å². The first-order valence-corrected chi connectivity index (χ1v) is 11.4. The minimum absolute atomic E-state index is 0.00700. The molecule has 2 saturated carbocycles. The van der Waals surface area contributed by atoms with Crippen molar-refractivity contribution in [1.82, 2.24) is 14.8 Å². The van der Waals surface area contributed by atoms with Crippen LogP contribution in [0.1, 0.15) is 50.4 Å². The number of nitrogens with one attached hydrogen (secondary N) is 1. The number of hydrogen-bond acceptors (Lipinski definition) is 6. The van der Waals surface area contributed by atoms with Gasteiger partial charge in [-0.1, -0.05) is 11.8 Å². The van der Waals surface area contributed by atoms with Gasteiger partial charge in [-0.3, -0.25) is 4.79 Å². The van der Waals surface area contributed by atoms with Crippen LogP contribution in [0.5, 0.6) is 0 Å². The van der Waals surface area contributed by atoms with Gasteiger partial charge in [0.15, 0.2) is 5.16 Å². The summed E-state index contributed by atoms with van der Waals surface area (Å²) in [5, 5.41) is 12.5. The second-order valence-electron chi connectivity index (χ2n) is 8.11. The van der Waals surface area contributed by atoms with Crippen LogP contribution in [0.15, 0.2) is 29.4 Å². The number of anilines is 2. The second kappa shape index (κ2) is 7.99. The lowest BCUT2D eigenvalue weighted by atomic mass is 10.2. The van der Waals surface area contributed by atoms with Gasteiger partial charge in [0, 0.05) is 36.4 Å². The quantitative estimate of drug-likeness (QED) is 0.701. The largest absolute Gasteiger partial charge is 0.378 e. The van der Waals surface area contributed by atoms with Crippen molar-refractivity contribution in [3.05, 3.63) is 30.1 Å². The molecular formula is C21H27N5O2S. The van der Waals surface area contributed by atoms with Crippen LogP contribution in [0.25, 0.3) is 0 Å². The zero-order valence-corrected chi connectivity index (χ0v) is 17.5. The Morgan fingerprint density at radius 3 is 2.52 bits per heavy atom. The van der Waals surface area contributed by atoms with Gasteiger partial charge in [0.25, 0.3) is 0 Å². The summed E-state index contributed by atoms with van der Waals surface area (Å²) in [6.07, 6.45) is 4.82. The zero-order valence-electron chi connectivity index (χ0n) is 16.7. The van der Waals surface area contributed by atoms with Crippen LogP contribution in [0.3, 0.4) is 0 Å². The predicted octanol–water partition coefficient (Wildman–Crippen LogP) is 3.45. The third kappa shape index (κ3) is 4.28. The van der Waals surface area contributed by atoms with E-state index in [2.05, 4.69) is 37.1 Å². The van der Waals surface area contributed by atoms with Crippen LogP contribution in [0, 0.1) is 0 Å². The molecule has 2 aromatic rings. The molecule has 1 aromatic carbocycles. The average molecular weight is 414 g/mol. The number of hydrogen-bond donors (Lipinski definition) is 1. The third-order valence-electron chi connectivity index (χ3n) is 5.71. The van der Waals surface area contributed by atoms with Crippen molar-refractivity contribution in [2.45, 2.75) is 55.0 Å². The molecule has 0 spiro atoms. The number of ether oxygens (including phenoxy) is 1. The summed E-state index contributed by atoms with van der Waals surface area (Å²) in [5.74, 6) is 1.69. The van der Waals surface area contributed by atoms with Crippen LogP contribution in [-0.2, 0) is 9.53 Å². The maximum atomic E-state index is 12.7. The monoisotopic (exact) mass is 413 g/mol. The molecule has 1 aliphatic heterocycles. The van der Waals surface area contributed by atoms with Crippen LogP contribution in [-0.4, -0.2) is 52.2 Å². The van der Waals surface area contributed by atoms with E-state index in [1.54, 1.807) is 0 Å². The fourth-order valence-electron chi connectivity index (χ4n) is 3.70. The molecule has 154 valence electrons. The minimum atomic E-state index is -0.234. The molecule has 3 fully saturated rings. The molecule has 3 aliphatic rings. The predicted molar refractivity (Wildman–Crippen MR) is 114 cm³/mol. The molecule has 5 rings (SSSR count). The van der Waals surface area contributed by atoms with Gasteiger partial charge in [0.1, 0.15) is 5.82 Å². The molecule has 7 nitrogen and oxygen atoms in total. The van der Waals surface area contributed by atoms with Gasteiger partial charge in [-0.25, -0.2) is 0 Å². The highest BCUT2D eigenvalue weighted by molar-refractivity contribution is 8.00. The van der Waals surface area contributed by atoms with Crippen LogP contribution in [0.2, 0.25) is 0 Å². The van der Waals surface area contributed by atoms with Crippen molar-refractivity contribution in [1.29, 1.82) is 0 Å². The summed E-state index contributed by atoms with van der Waals surface area (Å²) < 4.78 is 7.70. The first kappa shape index (κ1) is 18.9. The summed E-state index contributed by atoms with van der Waals surface area (Å²) in [5.41, 5.74) is 1.99.